The largest absolute Gasteiger partial charge is 0.490 e. The number of hydrogen-bond acceptors (Lipinski definition) is 6. The van der Waals surface area contributed by atoms with Gasteiger partial charge in [-0.1, -0.05) is 29.8 Å². The van der Waals surface area contributed by atoms with Gasteiger partial charge in [0.15, 0.2) is 0 Å². The molecule has 1 fully saturated rings. The number of nitrogens with zero attached hydrogens (tertiary/aromatic N) is 1. The minimum atomic E-state index is -4.08. The fraction of sp³-hybridized carbons (Fsp3) is 0.500. The number of halogens is 1. The number of ether oxygens (including phenoxy) is 1. The molecule has 0 saturated heterocycles. The van der Waals surface area contributed by atoms with Crippen LogP contribution < -0.4 is 19.1 Å². The summed E-state index contributed by atoms with van der Waals surface area (Å²) >= 11 is 6.36. The minimum Gasteiger partial charge on any atom is -0.490 e. The highest BCUT2D eigenvalue weighted by Gasteiger charge is 2.44. The first kappa shape index (κ1) is 27.6. The van der Waals surface area contributed by atoms with Crippen molar-refractivity contribution in [3.05, 3.63) is 70.3 Å². The van der Waals surface area contributed by atoms with Crippen LogP contribution in [0, 0.1) is 11.8 Å². The molecule has 0 aromatic heterocycles. The Morgan fingerprint density at radius 2 is 2.02 bits per heavy atom. The van der Waals surface area contributed by atoms with Crippen molar-refractivity contribution in [1.29, 1.82) is 0 Å². The van der Waals surface area contributed by atoms with Crippen LogP contribution in [-0.4, -0.2) is 51.3 Å². The van der Waals surface area contributed by atoms with Crippen LogP contribution in [0.15, 0.2) is 48.6 Å². The van der Waals surface area contributed by atoms with Crippen molar-refractivity contribution >= 4 is 33.4 Å². The van der Waals surface area contributed by atoms with Gasteiger partial charge < -0.3 is 14.7 Å². The van der Waals surface area contributed by atoms with Crippen LogP contribution in [0.25, 0.3) is 0 Å². The van der Waals surface area contributed by atoms with E-state index >= 15 is 0 Å². The first-order valence-electron chi connectivity index (χ1n) is 14.1. The summed E-state index contributed by atoms with van der Waals surface area (Å²) in [7, 11) is -4.08. The normalized spacial score (nSPS) is 32.5. The van der Waals surface area contributed by atoms with E-state index in [0.717, 1.165) is 42.8 Å². The van der Waals surface area contributed by atoms with E-state index in [1.165, 1.54) is 11.1 Å². The average molecular weight is 586 g/mol. The number of fused-ring (bicyclic) bond motifs is 4. The molecule has 2 bridgehead atoms. The number of anilines is 1. The minimum absolute atomic E-state index is 0.114. The number of benzene rings is 2. The van der Waals surface area contributed by atoms with E-state index in [1.807, 2.05) is 12.1 Å². The highest BCUT2D eigenvalue weighted by molar-refractivity contribution is 7.88. The molecule has 0 unspecified atom stereocenters. The van der Waals surface area contributed by atoms with Crippen molar-refractivity contribution in [3.8, 4) is 5.75 Å². The maximum atomic E-state index is 13.1. The van der Waals surface area contributed by atoms with Gasteiger partial charge in [0, 0.05) is 35.1 Å². The van der Waals surface area contributed by atoms with Gasteiger partial charge in [0.2, 0.25) is 0 Å². The third-order valence-electron chi connectivity index (χ3n) is 9.08. The van der Waals surface area contributed by atoms with E-state index in [0.29, 0.717) is 31.9 Å². The second-order valence-corrected chi connectivity index (χ2v) is 13.8. The Morgan fingerprint density at radius 3 is 2.83 bits per heavy atom. The molecule has 5 atom stereocenters. The van der Waals surface area contributed by atoms with Gasteiger partial charge in [0.25, 0.3) is 5.91 Å². The lowest BCUT2D eigenvalue weighted by molar-refractivity contribution is 0.0456. The second-order valence-electron chi connectivity index (χ2n) is 11.9. The highest BCUT2D eigenvalue weighted by atomic mass is 35.5. The Labute approximate surface area is 240 Å². The van der Waals surface area contributed by atoms with Crippen LogP contribution in [0.4, 0.5) is 5.69 Å². The van der Waals surface area contributed by atoms with Crippen molar-refractivity contribution in [2.45, 2.75) is 63.0 Å². The molecule has 2 aromatic rings. The summed E-state index contributed by atoms with van der Waals surface area (Å²) in [4.78, 5) is 15.4. The smallest absolute Gasteiger partial charge is 0.301 e. The number of amides is 1. The fourth-order valence-electron chi connectivity index (χ4n) is 6.90. The summed E-state index contributed by atoms with van der Waals surface area (Å²) in [6.07, 6.45) is 8.30. The lowest BCUT2D eigenvalue weighted by atomic mass is 9.68. The Kier molecular flexibility index (Phi) is 7.36. The quantitative estimate of drug-likeness (QED) is 0.402. The van der Waals surface area contributed by atoms with Crippen molar-refractivity contribution in [3.63, 3.8) is 0 Å². The number of carbonyl (C=O) groups excluding carboxylic acids is 1. The zero-order valence-electron chi connectivity index (χ0n) is 22.6. The predicted octanol–water partition coefficient (Wildman–Crippen LogP) is 4.11. The van der Waals surface area contributed by atoms with Gasteiger partial charge in [0.05, 0.1) is 18.4 Å². The van der Waals surface area contributed by atoms with E-state index in [2.05, 4.69) is 26.5 Å². The van der Waals surface area contributed by atoms with Crippen LogP contribution in [0.1, 0.15) is 60.5 Å². The van der Waals surface area contributed by atoms with Crippen molar-refractivity contribution < 1.29 is 23.1 Å². The van der Waals surface area contributed by atoms with Gasteiger partial charge >= 0.3 is 10.2 Å². The van der Waals surface area contributed by atoms with Gasteiger partial charge in [0.1, 0.15) is 5.75 Å². The zero-order valence-corrected chi connectivity index (χ0v) is 24.2. The number of rotatable bonds is 0. The summed E-state index contributed by atoms with van der Waals surface area (Å²) in [6.45, 7) is 3.61. The zero-order chi connectivity index (χ0) is 28.1. The van der Waals surface area contributed by atoms with Crippen LogP contribution in [0.5, 0.6) is 5.75 Å². The van der Waals surface area contributed by atoms with Crippen molar-refractivity contribution in [2.24, 2.45) is 11.8 Å². The topological polar surface area (TPSA) is 108 Å². The van der Waals surface area contributed by atoms with Gasteiger partial charge in [-0.15, -0.1) is 0 Å². The Bertz CT molecular complexity index is 1450. The molecule has 4 aliphatic rings. The molecule has 2 aliphatic heterocycles. The van der Waals surface area contributed by atoms with Gasteiger partial charge in [-0.2, -0.15) is 13.1 Å². The average Bonchev–Trinajstić information content (AvgIpc) is 3.02. The molecule has 40 heavy (non-hydrogen) atoms. The van der Waals surface area contributed by atoms with Crippen molar-refractivity contribution in [1.82, 2.24) is 9.44 Å². The standard InChI is InChI=1S/C30H36ClN3O5S/c1-19-4-2-6-27(35)24-10-7-22(24)16-34-17-30(13-3-5-20-14-23(31)9-11-25(20)30)18-39-28-12-8-21(15-26(28)34)29(36)33-40(37,38)32-19/h2,6,8-9,11-12,14-15,19,22,24,27,32,35H,3-5,7,10,13,16-18H2,1H3,(H,33,36)/b6-2-/t19-,22+,24-,27+,30+/m1/s1. The third kappa shape index (κ3) is 5.36. The molecule has 6 rings (SSSR count). The summed E-state index contributed by atoms with van der Waals surface area (Å²) < 4.78 is 36.5. The summed E-state index contributed by atoms with van der Waals surface area (Å²) in [5.41, 5.74) is 3.25. The SMILES string of the molecule is C[C@@H]1C/C=C\[C@H](O)[C@@H]2CC[C@H]2CN2C[C@@]3(CCCc4cc(Cl)ccc43)COc3ccc(cc32)C(=O)NS(=O)(=O)N1. The first-order valence-corrected chi connectivity index (χ1v) is 16.0. The number of hydrogen-bond donors (Lipinski definition) is 3. The third-order valence-corrected chi connectivity index (χ3v) is 10.5. The van der Waals surface area contributed by atoms with E-state index in [4.69, 9.17) is 16.3 Å². The second kappa shape index (κ2) is 10.7. The molecule has 10 heteroatoms. The molecule has 214 valence electrons. The van der Waals surface area contributed by atoms with Gasteiger partial charge in [-0.25, -0.2) is 4.72 Å². The maximum absolute atomic E-state index is 13.1. The molecule has 2 aliphatic carbocycles. The van der Waals surface area contributed by atoms with Crippen LogP contribution in [0.3, 0.4) is 0 Å². The summed E-state index contributed by atoms with van der Waals surface area (Å²) in [5.74, 6) is 0.362. The fourth-order valence-corrected chi connectivity index (χ4v) is 8.14. The molecule has 0 radical (unpaired) electrons. The predicted molar refractivity (Wildman–Crippen MR) is 155 cm³/mol. The lowest BCUT2D eigenvalue weighted by Crippen LogP contribution is -2.49. The van der Waals surface area contributed by atoms with Crippen LogP contribution >= 0.6 is 11.6 Å². The number of carbonyl (C=O) groups is 1. The van der Waals surface area contributed by atoms with E-state index in [-0.39, 0.29) is 22.8 Å². The molecule has 1 saturated carbocycles. The van der Waals surface area contributed by atoms with E-state index in [1.54, 1.807) is 31.2 Å². The molecule has 2 heterocycles. The molecular weight excluding hydrogens is 550 g/mol. The molecule has 1 amide bonds. The van der Waals surface area contributed by atoms with E-state index in [9.17, 15) is 18.3 Å². The van der Waals surface area contributed by atoms with Crippen LogP contribution in [-0.2, 0) is 22.0 Å². The summed E-state index contributed by atoms with van der Waals surface area (Å²) in [6, 6.07) is 10.8. The number of aliphatic hydroxyl groups excluding tert-OH is 1. The number of aliphatic hydroxyl groups is 1. The van der Waals surface area contributed by atoms with Gasteiger partial charge in [-0.3, -0.25) is 4.79 Å². The molecule has 8 nitrogen and oxygen atoms in total. The van der Waals surface area contributed by atoms with Gasteiger partial charge in [-0.05, 0) is 98.7 Å². The molecule has 2 aromatic carbocycles. The summed E-state index contributed by atoms with van der Waals surface area (Å²) in [5, 5.41) is 11.7. The van der Waals surface area contributed by atoms with E-state index < -0.39 is 28.3 Å². The highest BCUT2D eigenvalue weighted by Crippen LogP contribution is 2.46. The Hall–Kier alpha value is -2.59. The number of nitrogens with one attached hydrogen (secondary N) is 2. The maximum Gasteiger partial charge on any atom is 0.301 e. The molecule has 1 spiro atoms. The lowest BCUT2D eigenvalue weighted by Gasteiger charge is -2.45. The molecular formula is C30H36ClN3O5S. The monoisotopic (exact) mass is 585 g/mol. The number of aryl methyl sites for hydroxylation is 1. The first-order chi connectivity index (χ1) is 19.1. The Morgan fingerprint density at radius 1 is 1.18 bits per heavy atom. The molecule has 3 N–H and O–H groups in total. The Balaban J connectivity index is 1.42. The van der Waals surface area contributed by atoms with Crippen LogP contribution in [0.2, 0.25) is 5.02 Å². The van der Waals surface area contributed by atoms with Crippen molar-refractivity contribution in [2.75, 3.05) is 24.6 Å².